The minimum Gasteiger partial charge on any atom is -0.330 e. The van der Waals surface area contributed by atoms with Crippen molar-refractivity contribution in [3.8, 4) is 0 Å². The van der Waals surface area contributed by atoms with Gasteiger partial charge in [0.15, 0.2) is 0 Å². The zero-order chi connectivity index (χ0) is 12.3. The van der Waals surface area contributed by atoms with Crippen LogP contribution in [0.15, 0.2) is 24.3 Å². The molecule has 0 bridgehead atoms. The second-order valence-corrected chi connectivity index (χ2v) is 5.40. The van der Waals surface area contributed by atoms with Gasteiger partial charge in [-0.3, -0.25) is 4.90 Å². The highest BCUT2D eigenvalue weighted by atomic mass is 35.5. The van der Waals surface area contributed by atoms with Gasteiger partial charge < -0.3 is 5.73 Å². The molecule has 1 aromatic carbocycles. The van der Waals surface area contributed by atoms with Crippen LogP contribution in [0.4, 0.5) is 0 Å². The molecule has 1 aliphatic rings. The highest BCUT2D eigenvalue weighted by Crippen LogP contribution is 2.26. The minimum atomic E-state index is 0. The number of nitrogens with zero attached hydrogens (tertiary/aromatic N) is 1. The van der Waals surface area contributed by atoms with Crippen LogP contribution in [0.5, 0.6) is 0 Å². The molecular formula is C14H22Cl2N2. The molecule has 2 N–H and O–H groups in total. The van der Waals surface area contributed by atoms with Crippen LogP contribution in [0, 0.1) is 5.92 Å². The molecule has 2 unspecified atom stereocenters. The van der Waals surface area contributed by atoms with Crippen LogP contribution in [-0.4, -0.2) is 24.5 Å². The first-order valence-corrected chi connectivity index (χ1v) is 6.78. The van der Waals surface area contributed by atoms with Gasteiger partial charge >= 0.3 is 0 Å². The summed E-state index contributed by atoms with van der Waals surface area (Å²) in [6, 6.07) is 8.65. The van der Waals surface area contributed by atoms with Gasteiger partial charge in [0.05, 0.1) is 0 Å². The summed E-state index contributed by atoms with van der Waals surface area (Å²) in [4.78, 5) is 2.53. The fourth-order valence-corrected chi connectivity index (χ4v) is 2.72. The van der Waals surface area contributed by atoms with E-state index in [0.717, 1.165) is 18.1 Å². The highest BCUT2D eigenvalue weighted by Gasteiger charge is 2.23. The van der Waals surface area contributed by atoms with E-state index in [1.807, 2.05) is 12.1 Å². The van der Waals surface area contributed by atoms with Crippen molar-refractivity contribution in [3.63, 3.8) is 0 Å². The van der Waals surface area contributed by atoms with Gasteiger partial charge in [-0.1, -0.05) is 23.7 Å². The predicted molar refractivity (Wildman–Crippen MR) is 80.5 cm³/mol. The Hall–Kier alpha value is -0.280. The standard InChI is InChI=1S/C14H21ClN2.ClH/c1-11(13-4-6-14(15)7-5-13)17-8-2-3-12(9-16)10-17;/h4-7,11-12H,2-3,8-10,16H2,1H3;1H. The highest BCUT2D eigenvalue weighted by molar-refractivity contribution is 6.30. The van der Waals surface area contributed by atoms with Crippen molar-refractivity contribution in [1.29, 1.82) is 0 Å². The van der Waals surface area contributed by atoms with Crippen molar-refractivity contribution in [2.24, 2.45) is 11.7 Å². The Morgan fingerprint density at radius 2 is 2.06 bits per heavy atom. The first kappa shape index (κ1) is 15.8. The lowest BCUT2D eigenvalue weighted by molar-refractivity contribution is 0.134. The molecule has 4 heteroatoms. The molecule has 0 radical (unpaired) electrons. The molecule has 0 spiro atoms. The largest absolute Gasteiger partial charge is 0.330 e. The Balaban J connectivity index is 0.00000162. The normalized spacial score (nSPS) is 22.3. The summed E-state index contributed by atoms with van der Waals surface area (Å²) in [5.74, 6) is 0.665. The van der Waals surface area contributed by atoms with Gasteiger partial charge in [-0.15, -0.1) is 12.4 Å². The topological polar surface area (TPSA) is 29.3 Å². The van der Waals surface area contributed by atoms with Crippen LogP contribution < -0.4 is 5.73 Å². The summed E-state index contributed by atoms with van der Waals surface area (Å²) in [5.41, 5.74) is 7.12. The SMILES string of the molecule is CC(c1ccc(Cl)cc1)N1CCCC(CN)C1.Cl. The molecule has 18 heavy (non-hydrogen) atoms. The van der Waals surface area contributed by atoms with Crippen molar-refractivity contribution in [3.05, 3.63) is 34.9 Å². The van der Waals surface area contributed by atoms with Crippen molar-refractivity contribution in [2.45, 2.75) is 25.8 Å². The lowest BCUT2D eigenvalue weighted by atomic mass is 9.95. The maximum atomic E-state index is 5.92. The quantitative estimate of drug-likeness (QED) is 0.923. The van der Waals surface area contributed by atoms with Crippen LogP contribution in [0.1, 0.15) is 31.4 Å². The predicted octanol–water partition coefficient (Wildman–Crippen LogP) is 3.49. The van der Waals surface area contributed by atoms with Crippen LogP contribution in [0.3, 0.4) is 0 Å². The minimum absolute atomic E-state index is 0. The Bertz CT molecular complexity index is 353. The van der Waals surface area contributed by atoms with Crippen LogP contribution in [-0.2, 0) is 0 Å². The summed E-state index contributed by atoms with van der Waals surface area (Å²) in [5, 5.41) is 0.805. The van der Waals surface area contributed by atoms with Crippen molar-refractivity contribution in [1.82, 2.24) is 4.90 Å². The monoisotopic (exact) mass is 288 g/mol. The summed E-state index contributed by atoms with van der Waals surface area (Å²) in [6.45, 7) is 5.38. The summed E-state index contributed by atoms with van der Waals surface area (Å²) in [7, 11) is 0. The molecule has 1 fully saturated rings. The molecule has 1 heterocycles. The molecule has 1 aromatic rings. The van der Waals surface area contributed by atoms with Gasteiger partial charge in [0.25, 0.3) is 0 Å². The van der Waals surface area contributed by atoms with Crippen LogP contribution in [0.2, 0.25) is 5.02 Å². The second kappa shape index (κ2) is 7.34. The van der Waals surface area contributed by atoms with Gasteiger partial charge in [-0.2, -0.15) is 0 Å². The molecule has 0 amide bonds. The Morgan fingerprint density at radius 3 is 2.67 bits per heavy atom. The number of benzene rings is 1. The third-order valence-electron chi connectivity index (χ3n) is 3.78. The Kier molecular flexibility index (Phi) is 6.44. The fourth-order valence-electron chi connectivity index (χ4n) is 2.59. The molecule has 102 valence electrons. The zero-order valence-corrected chi connectivity index (χ0v) is 12.4. The average molecular weight is 289 g/mol. The molecule has 0 saturated carbocycles. The lowest BCUT2D eigenvalue weighted by Crippen LogP contribution is -2.39. The molecule has 1 saturated heterocycles. The van der Waals surface area contributed by atoms with Crippen molar-refractivity contribution >= 4 is 24.0 Å². The van der Waals surface area contributed by atoms with E-state index in [2.05, 4.69) is 24.0 Å². The summed E-state index contributed by atoms with van der Waals surface area (Å²) in [6.07, 6.45) is 2.54. The first-order chi connectivity index (χ1) is 8.20. The number of hydrogen-bond acceptors (Lipinski definition) is 2. The summed E-state index contributed by atoms with van der Waals surface area (Å²) < 4.78 is 0. The summed E-state index contributed by atoms with van der Waals surface area (Å²) >= 11 is 5.92. The zero-order valence-electron chi connectivity index (χ0n) is 10.8. The van der Waals surface area contributed by atoms with Crippen LogP contribution >= 0.6 is 24.0 Å². The van der Waals surface area contributed by atoms with E-state index < -0.39 is 0 Å². The molecule has 2 rings (SSSR count). The number of nitrogens with two attached hydrogens (primary N) is 1. The van der Waals surface area contributed by atoms with E-state index in [9.17, 15) is 0 Å². The third kappa shape index (κ3) is 3.86. The molecule has 1 aliphatic heterocycles. The Labute approximate surface area is 121 Å². The van der Waals surface area contributed by atoms with Gasteiger partial charge in [0, 0.05) is 17.6 Å². The fraction of sp³-hybridized carbons (Fsp3) is 0.571. The smallest absolute Gasteiger partial charge is 0.0406 e. The first-order valence-electron chi connectivity index (χ1n) is 6.40. The van der Waals surface area contributed by atoms with Gasteiger partial charge in [-0.05, 0) is 56.5 Å². The number of halogens is 2. The van der Waals surface area contributed by atoms with E-state index in [4.69, 9.17) is 17.3 Å². The van der Waals surface area contributed by atoms with Gasteiger partial charge in [0.1, 0.15) is 0 Å². The number of likely N-dealkylation sites (tertiary alicyclic amines) is 1. The van der Waals surface area contributed by atoms with Crippen molar-refractivity contribution < 1.29 is 0 Å². The molecule has 0 aliphatic carbocycles. The second-order valence-electron chi connectivity index (χ2n) is 4.97. The molecule has 0 aromatic heterocycles. The van der Waals surface area contributed by atoms with Gasteiger partial charge in [-0.25, -0.2) is 0 Å². The van der Waals surface area contributed by atoms with E-state index in [1.165, 1.54) is 24.9 Å². The molecular weight excluding hydrogens is 267 g/mol. The van der Waals surface area contributed by atoms with E-state index >= 15 is 0 Å². The number of hydrogen-bond donors (Lipinski definition) is 1. The van der Waals surface area contributed by atoms with Gasteiger partial charge in [0.2, 0.25) is 0 Å². The number of rotatable bonds is 3. The van der Waals surface area contributed by atoms with E-state index in [0.29, 0.717) is 12.0 Å². The lowest BCUT2D eigenvalue weighted by Gasteiger charge is -2.36. The van der Waals surface area contributed by atoms with E-state index in [1.54, 1.807) is 0 Å². The average Bonchev–Trinajstić information content (AvgIpc) is 2.39. The van der Waals surface area contributed by atoms with E-state index in [-0.39, 0.29) is 12.4 Å². The molecule has 2 atom stereocenters. The van der Waals surface area contributed by atoms with Crippen molar-refractivity contribution in [2.75, 3.05) is 19.6 Å². The molecule has 2 nitrogen and oxygen atoms in total. The number of piperidine rings is 1. The third-order valence-corrected chi connectivity index (χ3v) is 4.04. The maximum absolute atomic E-state index is 5.92. The Morgan fingerprint density at radius 1 is 1.39 bits per heavy atom. The van der Waals surface area contributed by atoms with Crippen LogP contribution in [0.25, 0.3) is 0 Å². The maximum Gasteiger partial charge on any atom is 0.0406 e.